The molecular weight excluding hydrogens is 376 g/mol. The molecule has 0 atom stereocenters. The lowest BCUT2D eigenvalue weighted by Gasteiger charge is -2.30. The fourth-order valence-corrected chi connectivity index (χ4v) is 4.14. The number of hydrogen-bond acceptors (Lipinski definition) is 6. The number of nitriles is 1. The summed E-state index contributed by atoms with van der Waals surface area (Å²) in [5, 5.41) is 9.30. The average Bonchev–Trinajstić information content (AvgIpc) is 3.15. The topological polar surface area (TPSA) is 79.9 Å². The Morgan fingerprint density at radius 3 is 2.73 bits per heavy atom. The average molecular weight is 405 g/mol. The molecule has 0 N–H and O–H groups in total. The molecule has 0 bridgehead atoms. The number of rotatable bonds is 6. The molecule has 156 valence electrons. The molecule has 0 radical (unpaired) electrons. The number of nitrogens with zero attached hydrogens (tertiary/aromatic N) is 6. The van der Waals surface area contributed by atoms with Crippen LogP contribution >= 0.6 is 0 Å². The number of aryl methyl sites for hydroxylation is 2. The molecule has 1 saturated heterocycles. The minimum absolute atomic E-state index is 0.146. The molecule has 0 saturated carbocycles. The summed E-state index contributed by atoms with van der Waals surface area (Å²) in [5.41, 5.74) is 3.99. The van der Waals surface area contributed by atoms with Gasteiger partial charge in [0.1, 0.15) is 23.0 Å². The highest BCUT2D eigenvalue weighted by molar-refractivity contribution is 5.87. The summed E-state index contributed by atoms with van der Waals surface area (Å²) in [6, 6.07) is 8.07. The minimum Gasteiger partial charge on any atom is -0.493 e. The molecule has 7 nitrogen and oxygen atoms in total. The van der Waals surface area contributed by atoms with Crippen LogP contribution in [0.4, 0.5) is 0 Å². The van der Waals surface area contributed by atoms with E-state index in [0.29, 0.717) is 16.9 Å². The van der Waals surface area contributed by atoms with E-state index in [1.807, 2.05) is 38.2 Å². The van der Waals surface area contributed by atoms with Crippen molar-refractivity contribution in [1.29, 1.82) is 5.26 Å². The smallest absolute Gasteiger partial charge is 0.234 e. The Hall–Kier alpha value is -2.98. The molecule has 3 heterocycles. The normalized spacial score (nSPS) is 15.4. The predicted octanol–water partition coefficient (Wildman–Crippen LogP) is 3.71. The fourth-order valence-electron chi connectivity index (χ4n) is 4.14. The van der Waals surface area contributed by atoms with Crippen LogP contribution in [0.3, 0.4) is 0 Å². The number of piperidine rings is 1. The van der Waals surface area contributed by atoms with Crippen molar-refractivity contribution in [3.63, 3.8) is 0 Å². The first-order chi connectivity index (χ1) is 14.6. The molecule has 1 aliphatic heterocycles. The largest absolute Gasteiger partial charge is 0.493 e. The quantitative estimate of drug-likeness (QED) is 0.623. The summed E-state index contributed by atoms with van der Waals surface area (Å²) in [6.07, 6.45) is 5.33. The van der Waals surface area contributed by atoms with Crippen molar-refractivity contribution in [3.05, 3.63) is 35.9 Å². The fraction of sp³-hybridized carbons (Fsp3) is 0.478. The van der Waals surface area contributed by atoms with Crippen LogP contribution in [0.5, 0.6) is 5.75 Å². The van der Waals surface area contributed by atoms with Gasteiger partial charge in [0.15, 0.2) is 5.65 Å². The number of likely N-dealkylation sites (tertiary alicyclic amines) is 1. The number of ether oxygens (including phenoxy) is 1. The van der Waals surface area contributed by atoms with Gasteiger partial charge in [0.2, 0.25) is 5.82 Å². The highest BCUT2D eigenvalue weighted by atomic mass is 16.5. The van der Waals surface area contributed by atoms with Gasteiger partial charge < -0.3 is 14.2 Å². The molecule has 1 fully saturated rings. The van der Waals surface area contributed by atoms with Crippen molar-refractivity contribution in [2.75, 3.05) is 26.2 Å². The van der Waals surface area contributed by atoms with Gasteiger partial charge >= 0.3 is 0 Å². The summed E-state index contributed by atoms with van der Waals surface area (Å²) >= 11 is 0. The maximum Gasteiger partial charge on any atom is 0.234 e. The van der Waals surface area contributed by atoms with Crippen molar-refractivity contribution in [2.24, 2.45) is 13.0 Å². The third-order valence-corrected chi connectivity index (χ3v) is 6.05. The second-order valence-corrected chi connectivity index (χ2v) is 8.03. The van der Waals surface area contributed by atoms with Crippen molar-refractivity contribution >= 4 is 11.2 Å². The van der Waals surface area contributed by atoms with Crippen molar-refractivity contribution in [3.8, 4) is 23.1 Å². The van der Waals surface area contributed by atoms with Gasteiger partial charge in [-0.2, -0.15) is 10.2 Å². The van der Waals surface area contributed by atoms with Crippen molar-refractivity contribution in [2.45, 2.75) is 33.1 Å². The van der Waals surface area contributed by atoms with Crippen LogP contribution < -0.4 is 4.74 Å². The Bertz CT molecular complexity index is 1080. The summed E-state index contributed by atoms with van der Waals surface area (Å²) in [6.45, 7) is 8.59. The predicted molar refractivity (Wildman–Crippen MR) is 116 cm³/mol. The van der Waals surface area contributed by atoms with Gasteiger partial charge in [-0.25, -0.2) is 9.97 Å². The van der Waals surface area contributed by atoms with Gasteiger partial charge in [-0.3, -0.25) is 0 Å². The molecule has 0 unspecified atom stereocenters. The molecular formula is C23H28N6O. The Labute approximate surface area is 177 Å². The van der Waals surface area contributed by atoms with Gasteiger partial charge in [0, 0.05) is 12.6 Å². The molecule has 4 rings (SSSR count). The number of aromatic nitrogens is 4. The van der Waals surface area contributed by atoms with Crippen molar-refractivity contribution in [1.82, 2.24) is 24.4 Å². The minimum atomic E-state index is 0.146. The van der Waals surface area contributed by atoms with Crippen LogP contribution in [0.2, 0.25) is 0 Å². The van der Waals surface area contributed by atoms with Gasteiger partial charge in [-0.1, -0.05) is 6.92 Å². The van der Waals surface area contributed by atoms with E-state index in [1.165, 1.54) is 25.9 Å². The van der Waals surface area contributed by atoms with E-state index in [2.05, 4.69) is 26.8 Å². The van der Waals surface area contributed by atoms with Gasteiger partial charge in [-0.05, 0) is 75.5 Å². The lowest BCUT2D eigenvalue weighted by Crippen LogP contribution is -2.33. The molecule has 30 heavy (non-hydrogen) atoms. The van der Waals surface area contributed by atoms with Crippen LogP contribution in [0.15, 0.2) is 24.5 Å². The highest BCUT2D eigenvalue weighted by Crippen LogP contribution is 2.29. The Kier molecular flexibility index (Phi) is 5.96. The number of hydrogen-bond donors (Lipinski definition) is 0. The first-order valence-corrected chi connectivity index (χ1v) is 10.6. The maximum atomic E-state index is 9.30. The lowest BCUT2D eigenvalue weighted by molar-refractivity contribution is 0.169. The highest BCUT2D eigenvalue weighted by Gasteiger charge is 2.18. The van der Waals surface area contributed by atoms with Crippen LogP contribution in [-0.2, 0) is 7.05 Å². The van der Waals surface area contributed by atoms with E-state index >= 15 is 0 Å². The zero-order valence-electron chi connectivity index (χ0n) is 17.9. The number of benzene rings is 1. The van der Waals surface area contributed by atoms with Crippen LogP contribution in [0, 0.1) is 24.2 Å². The maximum absolute atomic E-state index is 9.30. The van der Waals surface area contributed by atoms with Gasteiger partial charge in [0.25, 0.3) is 0 Å². The van der Waals surface area contributed by atoms with Gasteiger partial charge in [-0.15, -0.1) is 0 Å². The molecule has 7 heteroatoms. The molecule has 0 spiro atoms. The Morgan fingerprint density at radius 2 is 2.03 bits per heavy atom. The van der Waals surface area contributed by atoms with E-state index in [-0.39, 0.29) is 5.82 Å². The SMILES string of the molecule is CCN1CCC(CCOc2ccc(-c3nc(C#N)nc4c3ncn4C)cc2C)CC1. The zero-order chi connectivity index (χ0) is 21.1. The molecule has 1 aromatic carbocycles. The van der Waals surface area contributed by atoms with E-state index in [4.69, 9.17) is 4.74 Å². The molecule has 2 aromatic heterocycles. The van der Waals surface area contributed by atoms with E-state index in [0.717, 1.165) is 42.4 Å². The van der Waals surface area contributed by atoms with E-state index in [1.54, 1.807) is 10.9 Å². The summed E-state index contributed by atoms with van der Waals surface area (Å²) < 4.78 is 7.90. The second-order valence-electron chi connectivity index (χ2n) is 8.03. The van der Waals surface area contributed by atoms with Crippen LogP contribution in [0.1, 0.15) is 37.6 Å². The Morgan fingerprint density at radius 1 is 1.23 bits per heavy atom. The van der Waals surface area contributed by atoms with E-state index < -0.39 is 0 Å². The summed E-state index contributed by atoms with van der Waals surface area (Å²) in [7, 11) is 1.86. The van der Waals surface area contributed by atoms with Crippen LogP contribution in [-0.4, -0.2) is 50.7 Å². The Balaban J connectivity index is 1.46. The third kappa shape index (κ3) is 4.14. The van der Waals surface area contributed by atoms with Gasteiger partial charge in [0.05, 0.1) is 12.9 Å². The monoisotopic (exact) mass is 404 g/mol. The first kappa shape index (κ1) is 20.3. The summed E-state index contributed by atoms with van der Waals surface area (Å²) in [4.78, 5) is 15.6. The van der Waals surface area contributed by atoms with E-state index in [9.17, 15) is 5.26 Å². The summed E-state index contributed by atoms with van der Waals surface area (Å²) in [5.74, 6) is 1.81. The molecule has 0 aliphatic carbocycles. The molecule has 0 amide bonds. The third-order valence-electron chi connectivity index (χ3n) is 6.05. The second kappa shape index (κ2) is 8.80. The standard InChI is InChI=1S/C23H28N6O/c1-4-29-10-7-17(8-11-29)9-12-30-19-6-5-18(13-16(19)2)21-22-23(28(3)15-25-22)27-20(14-24)26-21/h5-6,13,15,17H,4,7-12H2,1-3H3. The number of fused-ring (bicyclic) bond motifs is 1. The van der Waals surface area contributed by atoms with Crippen molar-refractivity contribution < 1.29 is 4.74 Å². The number of imidazole rings is 1. The first-order valence-electron chi connectivity index (χ1n) is 10.6. The molecule has 3 aromatic rings. The van der Waals surface area contributed by atoms with Crippen LogP contribution in [0.25, 0.3) is 22.4 Å². The lowest BCUT2D eigenvalue weighted by atomic mass is 9.94. The zero-order valence-corrected chi connectivity index (χ0v) is 17.9. The molecule has 1 aliphatic rings.